The predicted octanol–water partition coefficient (Wildman–Crippen LogP) is 3.00. The smallest absolute Gasteiger partial charge is 0.278 e. The number of rotatable bonds is 5. The Morgan fingerprint density at radius 3 is 2.78 bits per heavy atom. The molecule has 0 saturated heterocycles. The molecule has 0 saturated carbocycles. The van der Waals surface area contributed by atoms with Gasteiger partial charge in [0.2, 0.25) is 0 Å². The molecule has 0 aromatic carbocycles. The standard InChI is InChI=1S/C18H17FN6OS/c1-4-8-24-17(26)12-9-20-18(27-3)22-16(12)25(24)14-7-6-11-13(19)10-23(5-2)15(11)21-14/h4,6-7,9-10H,1,5,8H2,2-3H3. The molecule has 0 aliphatic carbocycles. The van der Waals surface area contributed by atoms with Crippen molar-refractivity contribution >= 4 is 33.8 Å². The van der Waals surface area contributed by atoms with Crippen molar-refractivity contribution in [2.45, 2.75) is 25.2 Å². The fourth-order valence-electron chi connectivity index (χ4n) is 3.10. The highest BCUT2D eigenvalue weighted by molar-refractivity contribution is 7.98. The normalized spacial score (nSPS) is 11.5. The number of nitrogens with zero attached hydrogens (tertiary/aromatic N) is 6. The summed E-state index contributed by atoms with van der Waals surface area (Å²) in [7, 11) is 0. The maximum atomic E-state index is 14.1. The molecule has 0 radical (unpaired) electrons. The van der Waals surface area contributed by atoms with Crippen molar-refractivity contribution in [1.29, 1.82) is 0 Å². The Morgan fingerprint density at radius 1 is 1.26 bits per heavy atom. The molecule has 27 heavy (non-hydrogen) atoms. The first-order chi connectivity index (χ1) is 13.1. The van der Waals surface area contributed by atoms with Crippen LogP contribution in [0.1, 0.15) is 6.92 Å². The van der Waals surface area contributed by atoms with E-state index in [2.05, 4.69) is 21.5 Å². The summed E-state index contributed by atoms with van der Waals surface area (Å²) in [5.74, 6) is 0.161. The summed E-state index contributed by atoms with van der Waals surface area (Å²) in [5.41, 5.74) is 0.755. The third-order valence-electron chi connectivity index (χ3n) is 4.35. The molecule has 7 nitrogen and oxygen atoms in total. The van der Waals surface area contributed by atoms with Gasteiger partial charge in [-0.25, -0.2) is 28.7 Å². The number of aromatic nitrogens is 6. The molecule has 0 aliphatic rings. The summed E-state index contributed by atoms with van der Waals surface area (Å²) in [6, 6.07) is 3.36. The van der Waals surface area contributed by atoms with E-state index in [1.54, 1.807) is 27.5 Å². The minimum Gasteiger partial charge on any atom is -0.330 e. The fourth-order valence-corrected chi connectivity index (χ4v) is 3.44. The van der Waals surface area contributed by atoms with Gasteiger partial charge in [-0.2, -0.15) is 0 Å². The molecule has 9 heteroatoms. The Morgan fingerprint density at radius 2 is 2.07 bits per heavy atom. The van der Waals surface area contributed by atoms with E-state index in [9.17, 15) is 9.18 Å². The van der Waals surface area contributed by atoms with Gasteiger partial charge >= 0.3 is 0 Å². The van der Waals surface area contributed by atoms with Crippen molar-refractivity contribution in [3.05, 3.63) is 53.4 Å². The van der Waals surface area contributed by atoms with Crippen LogP contribution in [-0.4, -0.2) is 35.1 Å². The van der Waals surface area contributed by atoms with Gasteiger partial charge in [0.15, 0.2) is 16.6 Å². The first-order valence-electron chi connectivity index (χ1n) is 8.38. The second-order valence-electron chi connectivity index (χ2n) is 5.89. The molecule has 4 aromatic heterocycles. The summed E-state index contributed by atoms with van der Waals surface area (Å²) >= 11 is 1.39. The van der Waals surface area contributed by atoms with Gasteiger partial charge in [-0.15, -0.1) is 6.58 Å². The van der Waals surface area contributed by atoms with E-state index in [0.717, 1.165) is 0 Å². The minimum absolute atomic E-state index is 0.225. The third-order valence-corrected chi connectivity index (χ3v) is 4.92. The number of hydrogen-bond acceptors (Lipinski definition) is 5. The zero-order valence-electron chi connectivity index (χ0n) is 14.9. The monoisotopic (exact) mass is 384 g/mol. The Balaban J connectivity index is 2.07. The maximum Gasteiger partial charge on any atom is 0.278 e. The average molecular weight is 384 g/mol. The number of pyridine rings is 1. The Labute approximate surface area is 158 Å². The lowest BCUT2D eigenvalue weighted by molar-refractivity contribution is 0.596. The van der Waals surface area contributed by atoms with Crippen molar-refractivity contribution in [1.82, 2.24) is 28.9 Å². The van der Waals surface area contributed by atoms with E-state index < -0.39 is 0 Å². The zero-order chi connectivity index (χ0) is 19.1. The van der Waals surface area contributed by atoms with Gasteiger partial charge in [0.1, 0.15) is 16.9 Å². The number of aryl methyl sites for hydroxylation is 1. The van der Waals surface area contributed by atoms with Gasteiger partial charge in [0.25, 0.3) is 5.56 Å². The summed E-state index contributed by atoms with van der Waals surface area (Å²) in [4.78, 5) is 26.1. The third kappa shape index (κ3) is 2.66. The van der Waals surface area contributed by atoms with E-state index in [1.807, 2.05) is 13.2 Å². The Hall–Kier alpha value is -2.94. The second-order valence-corrected chi connectivity index (χ2v) is 6.66. The number of thioether (sulfide) groups is 1. The number of fused-ring (bicyclic) bond motifs is 2. The predicted molar refractivity (Wildman–Crippen MR) is 104 cm³/mol. The Kier molecular flexibility index (Phi) is 4.31. The summed E-state index contributed by atoms with van der Waals surface area (Å²) in [6.45, 7) is 6.52. The van der Waals surface area contributed by atoms with E-state index in [1.165, 1.54) is 28.8 Å². The van der Waals surface area contributed by atoms with E-state index in [4.69, 9.17) is 0 Å². The molecule has 0 aliphatic heterocycles. The molecule has 0 unspecified atom stereocenters. The van der Waals surface area contributed by atoms with Gasteiger partial charge in [0, 0.05) is 18.9 Å². The lowest BCUT2D eigenvalue weighted by Gasteiger charge is -2.10. The average Bonchev–Trinajstić information content (AvgIpc) is 3.16. The van der Waals surface area contributed by atoms with Crippen molar-refractivity contribution < 1.29 is 4.39 Å². The van der Waals surface area contributed by atoms with Crippen LogP contribution in [0.25, 0.3) is 27.9 Å². The van der Waals surface area contributed by atoms with Crippen LogP contribution in [0.5, 0.6) is 0 Å². The highest BCUT2D eigenvalue weighted by atomic mass is 32.2. The van der Waals surface area contributed by atoms with Crippen LogP contribution in [0, 0.1) is 5.82 Å². The molecule has 0 bridgehead atoms. The molecular formula is C18H17FN6OS. The van der Waals surface area contributed by atoms with Crippen LogP contribution in [0.2, 0.25) is 0 Å². The van der Waals surface area contributed by atoms with Gasteiger partial charge in [-0.05, 0) is 25.3 Å². The second kappa shape index (κ2) is 6.66. The lowest BCUT2D eigenvalue weighted by Crippen LogP contribution is -2.22. The molecule has 138 valence electrons. The zero-order valence-corrected chi connectivity index (χ0v) is 15.7. The largest absolute Gasteiger partial charge is 0.330 e. The van der Waals surface area contributed by atoms with Gasteiger partial charge < -0.3 is 4.57 Å². The topological polar surface area (TPSA) is 70.5 Å². The molecule has 0 atom stereocenters. The number of hydrogen-bond donors (Lipinski definition) is 0. The van der Waals surface area contributed by atoms with E-state index in [0.29, 0.717) is 39.6 Å². The van der Waals surface area contributed by atoms with Crippen LogP contribution in [0.4, 0.5) is 4.39 Å². The maximum absolute atomic E-state index is 14.1. The number of allylic oxidation sites excluding steroid dienone is 1. The van der Waals surface area contributed by atoms with Crippen molar-refractivity contribution in [3.63, 3.8) is 0 Å². The van der Waals surface area contributed by atoms with Crippen LogP contribution < -0.4 is 5.56 Å². The SMILES string of the molecule is C=CCn1c(=O)c2cnc(SC)nc2n1-c1ccc2c(F)cn(CC)c2n1. The molecule has 0 N–H and O–H groups in total. The molecule has 0 spiro atoms. The van der Waals surface area contributed by atoms with Gasteiger partial charge in [-0.3, -0.25) is 4.79 Å². The fraction of sp³-hybridized carbons (Fsp3) is 0.222. The minimum atomic E-state index is -0.321. The highest BCUT2D eigenvalue weighted by Crippen LogP contribution is 2.22. The summed E-state index contributed by atoms with van der Waals surface area (Å²) < 4.78 is 19.0. The molecule has 0 amide bonds. The lowest BCUT2D eigenvalue weighted by atomic mass is 10.3. The molecule has 4 rings (SSSR count). The summed E-state index contributed by atoms with van der Waals surface area (Å²) in [6.07, 6.45) is 6.46. The Bertz CT molecular complexity index is 1240. The van der Waals surface area contributed by atoms with Crippen LogP contribution in [0.15, 0.2) is 47.1 Å². The molecule has 4 aromatic rings. The van der Waals surface area contributed by atoms with Gasteiger partial charge in [-0.1, -0.05) is 17.8 Å². The first kappa shape index (κ1) is 17.5. The van der Waals surface area contributed by atoms with Crippen LogP contribution in [0.3, 0.4) is 0 Å². The van der Waals surface area contributed by atoms with E-state index in [-0.39, 0.29) is 17.9 Å². The van der Waals surface area contributed by atoms with E-state index >= 15 is 0 Å². The van der Waals surface area contributed by atoms with Crippen molar-refractivity contribution in [2.24, 2.45) is 0 Å². The summed E-state index contributed by atoms with van der Waals surface area (Å²) in [5, 5.41) is 1.39. The van der Waals surface area contributed by atoms with Crippen LogP contribution in [-0.2, 0) is 13.1 Å². The molecular weight excluding hydrogens is 367 g/mol. The highest BCUT2D eigenvalue weighted by Gasteiger charge is 2.19. The van der Waals surface area contributed by atoms with Crippen molar-refractivity contribution in [3.8, 4) is 5.82 Å². The first-order valence-corrected chi connectivity index (χ1v) is 9.60. The van der Waals surface area contributed by atoms with Crippen LogP contribution >= 0.6 is 11.8 Å². The molecule has 4 heterocycles. The van der Waals surface area contributed by atoms with Gasteiger partial charge in [0.05, 0.1) is 11.9 Å². The molecule has 0 fully saturated rings. The quantitative estimate of drug-likeness (QED) is 0.301. The van der Waals surface area contributed by atoms with Crippen molar-refractivity contribution in [2.75, 3.05) is 6.26 Å². The number of halogens is 1.